The first kappa shape index (κ1) is 29.3. The second kappa shape index (κ2) is 11.2. The zero-order chi connectivity index (χ0) is 27.6. The molecule has 2 aromatic rings. The SMILES string of the molecule is CC(C)(C)c1cc(/C=N/NC(=O)CN2CCN(S(=O)(=O)c3ccc(Br)cc3)CC2)cc(C(C)(C)C)c1O. The highest BCUT2D eigenvalue weighted by Crippen LogP contribution is 2.39. The van der Waals surface area contributed by atoms with Gasteiger partial charge in [-0.25, -0.2) is 13.8 Å². The number of carbonyl (C=O) groups excluding carboxylic acids is 1. The van der Waals surface area contributed by atoms with E-state index in [0.29, 0.717) is 31.9 Å². The maximum atomic E-state index is 12.9. The Morgan fingerprint density at radius 3 is 2.00 bits per heavy atom. The van der Waals surface area contributed by atoms with Gasteiger partial charge in [-0.15, -0.1) is 0 Å². The van der Waals surface area contributed by atoms with E-state index in [0.717, 1.165) is 21.2 Å². The second-order valence-corrected chi connectivity index (χ2v) is 14.2. The van der Waals surface area contributed by atoms with E-state index in [2.05, 4.69) is 26.5 Å². The molecule has 0 radical (unpaired) electrons. The highest BCUT2D eigenvalue weighted by atomic mass is 79.9. The van der Waals surface area contributed by atoms with E-state index in [-0.39, 0.29) is 28.2 Å². The van der Waals surface area contributed by atoms with Crippen molar-refractivity contribution in [1.82, 2.24) is 14.6 Å². The third-order valence-corrected chi connectivity index (χ3v) is 8.74. The number of hydrogen-bond donors (Lipinski definition) is 2. The van der Waals surface area contributed by atoms with Gasteiger partial charge in [-0.3, -0.25) is 9.69 Å². The lowest BCUT2D eigenvalue weighted by Crippen LogP contribution is -2.50. The van der Waals surface area contributed by atoms with Crippen LogP contribution in [0.2, 0.25) is 0 Å². The van der Waals surface area contributed by atoms with Crippen LogP contribution >= 0.6 is 15.9 Å². The number of hydrogen-bond acceptors (Lipinski definition) is 6. The molecule has 1 heterocycles. The summed E-state index contributed by atoms with van der Waals surface area (Å²) in [4.78, 5) is 14.7. The Balaban J connectivity index is 1.59. The molecule has 0 unspecified atom stereocenters. The molecule has 0 bridgehead atoms. The topological polar surface area (TPSA) is 102 Å². The summed E-state index contributed by atoms with van der Waals surface area (Å²) in [5.74, 6) is 0.0220. The number of halogens is 1. The average molecular weight is 594 g/mol. The zero-order valence-corrected chi connectivity index (χ0v) is 24.8. The molecule has 10 heteroatoms. The van der Waals surface area contributed by atoms with Gasteiger partial charge < -0.3 is 5.11 Å². The minimum absolute atomic E-state index is 0.125. The molecule has 0 spiro atoms. The summed E-state index contributed by atoms with van der Waals surface area (Å²) in [5, 5.41) is 15.0. The molecule has 0 atom stereocenters. The van der Waals surface area contributed by atoms with Gasteiger partial charge >= 0.3 is 0 Å². The molecule has 0 aliphatic carbocycles. The first-order valence-corrected chi connectivity index (χ1v) is 14.5. The lowest BCUT2D eigenvalue weighted by Gasteiger charge is -2.33. The molecule has 0 saturated carbocycles. The largest absolute Gasteiger partial charge is 0.507 e. The Labute approximate surface area is 228 Å². The fraction of sp³-hybridized carbons (Fsp3) is 0.481. The maximum absolute atomic E-state index is 12.9. The highest BCUT2D eigenvalue weighted by molar-refractivity contribution is 9.10. The quantitative estimate of drug-likeness (QED) is 0.386. The van der Waals surface area contributed by atoms with E-state index in [1.165, 1.54) is 4.31 Å². The van der Waals surface area contributed by atoms with Crippen LogP contribution in [0.25, 0.3) is 0 Å². The number of nitrogens with one attached hydrogen (secondary N) is 1. The monoisotopic (exact) mass is 592 g/mol. The normalized spacial score (nSPS) is 16.3. The lowest BCUT2D eigenvalue weighted by molar-refractivity contribution is -0.122. The average Bonchev–Trinajstić information content (AvgIpc) is 2.79. The summed E-state index contributed by atoms with van der Waals surface area (Å²) in [7, 11) is -3.56. The first-order chi connectivity index (χ1) is 17.1. The van der Waals surface area contributed by atoms with Crippen LogP contribution in [-0.2, 0) is 25.6 Å². The predicted octanol–water partition coefficient (Wildman–Crippen LogP) is 4.21. The molecule has 37 heavy (non-hydrogen) atoms. The van der Waals surface area contributed by atoms with Crippen molar-refractivity contribution in [2.45, 2.75) is 57.3 Å². The van der Waals surface area contributed by atoms with Crippen molar-refractivity contribution in [3.05, 3.63) is 57.6 Å². The Morgan fingerprint density at radius 2 is 1.51 bits per heavy atom. The molecular weight excluding hydrogens is 556 g/mol. The van der Waals surface area contributed by atoms with Gasteiger partial charge in [0.1, 0.15) is 5.75 Å². The molecule has 2 N–H and O–H groups in total. The molecule has 202 valence electrons. The third-order valence-electron chi connectivity index (χ3n) is 6.30. The minimum Gasteiger partial charge on any atom is -0.507 e. The van der Waals surface area contributed by atoms with Gasteiger partial charge in [-0.05, 0) is 52.8 Å². The number of carbonyl (C=O) groups is 1. The Morgan fingerprint density at radius 1 is 1.00 bits per heavy atom. The Bertz CT molecular complexity index is 1220. The van der Waals surface area contributed by atoms with Crippen LogP contribution in [-0.4, -0.2) is 67.6 Å². The summed E-state index contributed by atoms with van der Waals surface area (Å²) in [6.45, 7) is 13.9. The van der Waals surface area contributed by atoms with Gasteiger partial charge in [0.05, 0.1) is 17.7 Å². The molecule has 1 saturated heterocycles. The van der Waals surface area contributed by atoms with E-state index in [1.807, 2.05) is 58.6 Å². The number of rotatable bonds is 6. The smallest absolute Gasteiger partial charge is 0.254 e. The van der Waals surface area contributed by atoms with Gasteiger partial charge in [0.15, 0.2) is 0 Å². The summed E-state index contributed by atoms with van der Waals surface area (Å²) in [5.41, 5.74) is 4.49. The molecule has 8 nitrogen and oxygen atoms in total. The summed E-state index contributed by atoms with van der Waals surface area (Å²) < 4.78 is 28.0. The lowest BCUT2D eigenvalue weighted by atomic mass is 9.78. The molecule has 1 aliphatic heterocycles. The fourth-order valence-electron chi connectivity index (χ4n) is 4.18. The van der Waals surface area contributed by atoms with Crippen molar-refractivity contribution in [2.75, 3.05) is 32.7 Å². The Hall–Kier alpha value is -2.27. The number of aromatic hydroxyl groups is 1. The van der Waals surface area contributed by atoms with Gasteiger partial charge in [0.25, 0.3) is 5.91 Å². The van der Waals surface area contributed by atoms with Crippen LogP contribution in [0, 0.1) is 0 Å². The van der Waals surface area contributed by atoms with Crippen LogP contribution in [0.1, 0.15) is 58.2 Å². The molecule has 3 rings (SSSR count). The molecule has 1 fully saturated rings. The molecule has 0 aromatic heterocycles. The summed E-state index contributed by atoms with van der Waals surface area (Å²) in [6.07, 6.45) is 1.59. The van der Waals surface area contributed by atoms with E-state index in [1.54, 1.807) is 30.5 Å². The van der Waals surface area contributed by atoms with Crippen molar-refractivity contribution in [3.8, 4) is 5.75 Å². The minimum atomic E-state index is -3.56. The number of sulfonamides is 1. The number of amides is 1. The van der Waals surface area contributed by atoms with Crippen LogP contribution < -0.4 is 5.43 Å². The Kier molecular flexibility index (Phi) is 8.89. The number of piperazine rings is 1. The second-order valence-electron chi connectivity index (χ2n) is 11.4. The van der Waals surface area contributed by atoms with Crippen molar-refractivity contribution < 1.29 is 18.3 Å². The summed E-state index contributed by atoms with van der Waals surface area (Å²) in [6, 6.07) is 10.4. The highest BCUT2D eigenvalue weighted by Gasteiger charge is 2.29. The zero-order valence-electron chi connectivity index (χ0n) is 22.4. The van der Waals surface area contributed by atoms with Gasteiger partial charge in [0.2, 0.25) is 10.0 Å². The standard InChI is InChI=1S/C27H37BrN4O4S/c1-26(2,3)22-15-19(16-23(25(22)34)27(4,5)6)17-29-30-24(33)18-31-11-13-32(14-12-31)37(35,36)21-9-7-20(28)8-10-21/h7-10,15-17,34H,11-14,18H2,1-6H3,(H,30,33)/b29-17+. The number of phenols is 1. The number of hydrazone groups is 1. The van der Waals surface area contributed by atoms with Crippen molar-refractivity contribution >= 4 is 38.1 Å². The molecule has 2 aromatic carbocycles. The van der Waals surface area contributed by atoms with E-state index >= 15 is 0 Å². The molecule has 1 amide bonds. The number of nitrogens with zero attached hydrogens (tertiary/aromatic N) is 3. The number of benzene rings is 2. The van der Waals surface area contributed by atoms with E-state index in [4.69, 9.17) is 0 Å². The van der Waals surface area contributed by atoms with Crippen LogP contribution in [0.15, 0.2) is 50.9 Å². The molecule has 1 aliphatic rings. The maximum Gasteiger partial charge on any atom is 0.254 e. The van der Waals surface area contributed by atoms with Crippen molar-refractivity contribution in [3.63, 3.8) is 0 Å². The van der Waals surface area contributed by atoms with Gasteiger partial charge in [-0.2, -0.15) is 9.41 Å². The van der Waals surface area contributed by atoms with Gasteiger partial charge in [-0.1, -0.05) is 57.5 Å². The summed E-state index contributed by atoms with van der Waals surface area (Å²) >= 11 is 3.32. The van der Waals surface area contributed by atoms with Crippen LogP contribution in [0.4, 0.5) is 0 Å². The van der Waals surface area contributed by atoms with E-state index in [9.17, 15) is 18.3 Å². The number of phenolic OH excluding ortho intramolecular Hbond substituents is 1. The van der Waals surface area contributed by atoms with Crippen LogP contribution in [0.5, 0.6) is 5.75 Å². The van der Waals surface area contributed by atoms with Gasteiger partial charge in [0, 0.05) is 41.8 Å². The molecular formula is C27H37BrN4O4S. The van der Waals surface area contributed by atoms with Crippen molar-refractivity contribution in [1.29, 1.82) is 0 Å². The van der Waals surface area contributed by atoms with E-state index < -0.39 is 10.0 Å². The first-order valence-electron chi connectivity index (χ1n) is 12.3. The van der Waals surface area contributed by atoms with Crippen molar-refractivity contribution in [2.24, 2.45) is 5.10 Å². The predicted molar refractivity (Wildman–Crippen MR) is 151 cm³/mol. The third kappa shape index (κ3) is 7.40. The van der Waals surface area contributed by atoms with Crippen LogP contribution in [0.3, 0.4) is 0 Å². The fourth-order valence-corrected chi connectivity index (χ4v) is 5.86.